The molecule has 79 heavy (non-hydrogen) atoms. The van der Waals surface area contributed by atoms with Crippen molar-refractivity contribution in [1.82, 2.24) is 0 Å². The Balaban J connectivity index is 1.16. The van der Waals surface area contributed by atoms with Crippen molar-refractivity contribution in [1.29, 1.82) is 0 Å². The van der Waals surface area contributed by atoms with Crippen LogP contribution in [0.3, 0.4) is 0 Å². The Morgan fingerprint density at radius 1 is 0.316 bits per heavy atom. The zero-order chi connectivity index (χ0) is 53.7. The van der Waals surface area contributed by atoms with Crippen LogP contribution >= 0.6 is 0 Å². The molecule has 0 spiro atoms. The fourth-order valence-electron chi connectivity index (χ4n) is 12.5. The van der Waals surface area contributed by atoms with E-state index in [9.17, 15) is 0 Å². The first-order valence-electron chi connectivity index (χ1n) is 27.4. The van der Waals surface area contributed by atoms with E-state index in [2.05, 4.69) is 305 Å². The molecule has 0 amide bonds. The summed E-state index contributed by atoms with van der Waals surface area (Å²) in [5.41, 5.74) is 22.0. The van der Waals surface area contributed by atoms with Gasteiger partial charge in [-0.2, -0.15) is 0 Å². The molecule has 0 aliphatic rings. The molecular weight excluding hydrogens is 953 g/mol. The van der Waals surface area contributed by atoms with Crippen LogP contribution in [0.5, 0.6) is 0 Å². The molecule has 0 heterocycles. The highest BCUT2D eigenvalue weighted by molar-refractivity contribution is 6.20. The van der Waals surface area contributed by atoms with E-state index in [0.717, 1.165) is 66.7 Å². The number of anilines is 5. The molecule has 0 N–H and O–H groups in total. The van der Waals surface area contributed by atoms with Crippen LogP contribution in [0.4, 0.5) is 28.4 Å². The number of hydrogen-bond acceptors (Lipinski definition) is 2. The Labute approximate surface area is 464 Å². The maximum Gasteiger partial charge on any atom is 0.0619 e. The van der Waals surface area contributed by atoms with Gasteiger partial charge in [-0.25, -0.2) is 0 Å². The van der Waals surface area contributed by atoms with Crippen molar-refractivity contribution in [3.05, 3.63) is 300 Å². The van der Waals surface area contributed by atoms with Crippen LogP contribution in [0.2, 0.25) is 0 Å². The molecule has 0 aliphatic heterocycles. The van der Waals surface area contributed by atoms with Crippen molar-refractivity contribution in [2.24, 2.45) is 0 Å². The summed E-state index contributed by atoms with van der Waals surface area (Å²) in [4.78, 5) is 5.13. The van der Waals surface area contributed by atoms with E-state index in [0.29, 0.717) is 0 Å². The molecule has 0 radical (unpaired) electrons. The Morgan fingerprint density at radius 2 is 0.759 bits per heavy atom. The molecule has 13 aromatic carbocycles. The minimum Gasteiger partial charge on any atom is -0.308 e. The summed E-state index contributed by atoms with van der Waals surface area (Å²) < 4.78 is 0. The van der Waals surface area contributed by atoms with Crippen LogP contribution < -0.4 is 15.0 Å². The van der Waals surface area contributed by atoms with Gasteiger partial charge in [0.05, 0.1) is 34.1 Å². The number of aryl methyl sites for hydroxylation is 5. The molecule has 0 unspecified atom stereocenters. The predicted molar refractivity (Wildman–Crippen MR) is 340 cm³/mol. The van der Waals surface area contributed by atoms with Crippen LogP contribution in [-0.2, 0) is 0 Å². The molecule has 13 rings (SSSR count). The highest BCUT2D eigenvalue weighted by Crippen LogP contribution is 2.51. The van der Waals surface area contributed by atoms with Crippen LogP contribution in [-0.4, -0.2) is 0 Å². The van der Waals surface area contributed by atoms with Gasteiger partial charge in [-0.15, -0.1) is 0 Å². The van der Waals surface area contributed by atoms with Gasteiger partial charge in [0.1, 0.15) is 0 Å². The highest BCUT2D eigenvalue weighted by atomic mass is 15.2. The molecule has 13 aromatic rings. The predicted octanol–water partition coefficient (Wildman–Crippen LogP) is 20.8. The van der Waals surface area contributed by atoms with E-state index in [-0.39, 0.29) is 0 Å². The SMILES string of the molecule is C=C/C(=c1/ccc2ccc(N(c3c(C)cccc3C)c3c(-c4ccccc4)ccc4ccc(-c5ccccc5)cc34)c3ccc(C)c1c23)N(c1c(C)cccc1C)c1c(-c2ccccc2)ccc2ccc(-c3ccccc3)cc12. The largest absolute Gasteiger partial charge is 0.308 e. The Morgan fingerprint density at radius 3 is 1.28 bits per heavy atom. The average molecular weight is 1010 g/mol. The fraction of sp³-hybridized carbons (Fsp3) is 0.0649. The van der Waals surface area contributed by atoms with E-state index in [4.69, 9.17) is 6.58 Å². The third kappa shape index (κ3) is 8.54. The van der Waals surface area contributed by atoms with Crippen molar-refractivity contribution in [3.63, 3.8) is 0 Å². The third-order valence-corrected chi connectivity index (χ3v) is 16.2. The minimum atomic E-state index is 1.01. The smallest absolute Gasteiger partial charge is 0.0619 e. The number of benzene rings is 13. The standard InChI is InChI=1S/C77H60N2/c1-7-70(78(74-51(3)22-20-23-52(74)4)76-64(57-30-16-10-17-31-57)44-39-59-35-37-62(48-68(59)76)55-26-12-8-13-27-55)66-46-41-61-42-47-71(67-43-34-50(2)72(66)73(61)67)79(75-53(5)24-21-25-54(75)6)77-65(58-32-18-11-19-33-58)45-40-60-36-38-63(49-69(60)77)56-28-14-9-15-29-56/h7-49H,1H2,2-6H3/b70-66+. The van der Waals surface area contributed by atoms with Gasteiger partial charge in [-0.3, -0.25) is 0 Å². The molecule has 0 aromatic heterocycles. The number of nitrogens with zero attached hydrogens (tertiary/aromatic N) is 2. The van der Waals surface area contributed by atoms with Gasteiger partial charge in [0.15, 0.2) is 0 Å². The van der Waals surface area contributed by atoms with Gasteiger partial charge in [-0.1, -0.05) is 243 Å². The summed E-state index contributed by atoms with van der Waals surface area (Å²) in [6.45, 7) is 16.1. The zero-order valence-corrected chi connectivity index (χ0v) is 45.4. The molecule has 0 saturated carbocycles. The normalized spacial score (nSPS) is 11.9. The van der Waals surface area contributed by atoms with E-state index in [1.54, 1.807) is 0 Å². The van der Waals surface area contributed by atoms with Gasteiger partial charge in [0, 0.05) is 32.5 Å². The topological polar surface area (TPSA) is 6.48 Å². The first-order chi connectivity index (χ1) is 38.7. The van der Waals surface area contributed by atoms with Gasteiger partial charge in [-0.05, 0) is 147 Å². The summed E-state index contributed by atoms with van der Waals surface area (Å²) in [6.07, 6.45) is 2.10. The lowest BCUT2D eigenvalue weighted by Gasteiger charge is -2.34. The van der Waals surface area contributed by atoms with Gasteiger partial charge < -0.3 is 9.80 Å². The van der Waals surface area contributed by atoms with Crippen molar-refractivity contribution >= 4 is 77.2 Å². The van der Waals surface area contributed by atoms with Crippen molar-refractivity contribution in [3.8, 4) is 44.5 Å². The second-order valence-corrected chi connectivity index (χ2v) is 21.1. The number of para-hydroxylation sites is 2. The Kier molecular flexibility index (Phi) is 12.6. The van der Waals surface area contributed by atoms with Crippen molar-refractivity contribution < 1.29 is 0 Å². The third-order valence-electron chi connectivity index (χ3n) is 16.2. The summed E-state index contributed by atoms with van der Waals surface area (Å²) in [7, 11) is 0. The van der Waals surface area contributed by atoms with E-state index in [1.165, 1.54) is 88.1 Å². The summed E-state index contributed by atoms with van der Waals surface area (Å²) >= 11 is 0. The molecule has 0 saturated heterocycles. The molecule has 2 nitrogen and oxygen atoms in total. The maximum absolute atomic E-state index is 4.76. The second-order valence-electron chi connectivity index (χ2n) is 21.1. The quantitative estimate of drug-likeness (QED) is 0.127. The first kappa shape index (κ1) is 48.9. The van der Waals surface area contributed by atoms with E-state index < -0.39 is 0 Å². The van der Waals surface area contributed by atoms with E-state index >= 15 is 0 Å². The molecule has 0 aliphatic carbocycles. The fourth-order valence-corrected chi connectivity index (χ4v) is 12.5. The van der Waals surface area contributed by atoms with Crippen LogP contribution in [0.25, 0.3) is 93.3 Å². The van der Waals surface area contributed by atoms with E-state index in [1.807, 2.05) is 0 Å². The average Bonchev–Trinajstić information content (AvgIpc) is 3.64. The highest BCUT2D eigenvalue weighted by Gasteiger charge is 2.28. The Bertz CT molecular complexity index is 4490. The van der Waals surface area contributed by atoms with Gasteiger partial charge >= 0.3 is 0 Å². The lowest BCUT2D eigenvalue weighted by Crippen LogP contribution is -2.25. The number of hydrogen-bond donors (Lipinski definition) is 0. The van der Waals surface area contributed by atoms with Crippen LogP contribution in [0, 0.1) is 34.6 Å². The monoisotopic (exact) mass is 1010 g/mol. The summed E-state index contributed by atoms with van der Waals surface area (Å²) in [5.74, 6) is 0. The molecule has 0 fully saturated rings. The minimum absolute atomic E-state index is 1.01. The van der Waals surface area contributed by atoms with Crippen molar-refractivity contribution in [2.75, 3.05) is 9.80 Å². The first-order valence-corrected chi connectivity index (χ1v) is 27.4. The Hall–Kier alpha value is -9.76. The maximum atomic E-state index is 4.76. The second kappa shape index (κ2) is 20.3. The van der Waals surface area contributed by atoms with Crippen molar-refractivity contribution in [2.45, 2.75) is 34.6 Å². The van der Waals surface area contributed by atoms with Crippen LogP contribution in [0.15, 0.2) is 267 Å². The molecule has 0 atom stereocenters. The van der Waals surface area contributed by atoms with Gasteiger partial charge in [0.25, 0.3) is 0 Å². The lowest BCUT2D eigenvalue weighted by atomic mass is 9.90. The molecule has 0 bridgehead atoms. The number of fused-ring (bicyclic) bond motifs is 2. The number of rotatable bonds is 11. The summed E-state index contributed by atoms with van der Waals surface area (Å²) in [5, 5.41) is 10.6. The van der Waals surface area contributed by atoms with Gasteiger partial charge in [0.2, 0.25) is 0 Å². The zero-order valence-electron chi connectivity index (χ0n) is 45.4. The molecule has 2 heteroatoms. The lowest BCUT2D eigenvalue weighted by molar-refractivity contribution is 1.23. The summed E-state index contributed by atoms with van der Waals surface area (Å²) in [6, 6.07) is 93.9. The molecular formula is C77H60N2. The molecule has 378 valence electrons. The van der Waals surface area contributed by atoms with Crippen LogP contribution in [0.1, 0.15) is 27.8 Å².